The fourth-order valence-corrected chi connectivity index (χ4v) is 2.11. The van der Waals surface area contributed by atoms with Crippen molar-refractivity contribution < 1.29 is 14.3 Å². The van der Waals surface area contributed by atoms with Gasteiger partial charge in [-0.25, -0.2) is 0 Å². The first-order valence-corrected chi connectivity index (χ1v) is 8.09. The van der Waals surface area contributed by atoms with Gasteiger partial charge in [0.25, 0.3) is 5.91 Å². The number of amides is 1. The first-order valence-electron chi connectivity index (χ1n) is 8.09. The van der Waals surface area contributed by atoms with E-state index in [1.807, 2.05) is 55.6 Å². The van der Waals surface area contributed by atoms with Gasteiger partial charge in [-0.05, 0) is 37.7 Å². The van der Waals surface area contributed by atoms with E-state index in [0.29, 0.717) is 24.7 Å². The van der Waals surface area contributed by atoms with Crippen LogP contribution >= 0.6 is 0 Å². The molecule has 0 aliphatic heterocycles. The predicted molar refractivity (Wildman–Crippen MR) is 94.3 cm³/mol. The van der Waals surface area contributed by atoms with Crippen LogP contribution in [0.4, 0.5) is 0 Å². The van der Waals surface area contributed by atoms with Crippen LogP contribution in [-0.2, 0) is 11.4 Å². The molecule has 2 aromatic carbocycles. The number of carbonyl (C=O) groups excluding carboxylic acids is 1. The number of nitrogens with one attached hydrogen (secondary N) is 2. The van der Waals surface area contributed by atoms with E-state index in [9.17, 15) is 4.79 Å². The van der Waals surface area contributed by atoms with E-state index in [1.165, 1.54) is 0 Å². The Kier molecular flexibility index (Phi) is 7.63. The SMILES string of the molecule is CNCCCNC(=O)COc1ccccc1OCc1ccccc1. The van der Waals surface area contributed by atoms with Crippen molar-refractivity contribution in [3.63, 3.8) is 0 Å². The van der Waals surface area contributed by atoms with Crippen molar-refractivity contribution in [3.05, 3.63) is 60.2 Å². The molecule has 0 atom stereocenters. The minimum atomic E-state index is -0.135. The number of benzene rings is 2. The maximum atomic E-state index is 11.8. The van der Waals surface area contributed by atoms with Crippen molar-refractivity contribution in [2.24, 2.45) is 0 Å². The Morgan fingerprint density at radius 2 is 1.58 bits per heavy atom. The number of para-hydroxylation sites is 2. The molecule has 0 fully saturated rings. The highest BCUT2D eigenvalue weighted by Crippen LogP contribution is 2.27. The standard InChI is InChI=1S/C19H24N2O3/c1-20-12-7-13-21-19(22)15-24-18-11-6-5-10-17(18)23-14-16-8-3-2-4-9-16/h2-6,8-11,20H,7,12-15H2,1H3,(H,21,22). The zero-order valence-electron chi connectivity index (χ0n) is 14.0. The molecule has 1 amide bonds. The Balaban J connectivity index is 1.81. The van der Waals surface area contributed by atoms with Gasteiger partial charge >= 0.3 is 0 Å². The Morgan fingerprint density at radius 3 is 2.29 bits per heavy atom. The summed E-state index contributed by atoms with van der Waals surface area (Å²) in [6, 6.07) is 17.3. The first kappa shape index (κ1) is 17.8. The Morgan fingerprint density at radius 1 is 0.917 bits per heavy atom. The molecule has 0 bridgehead atoms. The summed E-state index contributed by atoms with van der Waals surface area (Å²) in [6.45, 7) is 1.94. The van der Waals surface area contributed by atoms with Crippen LogP contribution in [0.15, 0.2) is 54.6 Å². The molecule has 0 saturated carbocycles. The zero-order valence-corrected chi connectivity index (χ0v) is 14.0. The highest BCUT2D eigenvalue weighted by Gasteiger charge is 2.07. The lowest BCUT2D eigenvalue weighted by atomic mass is 10.2. The molecule has 0 aliphatic rings. The Hall–Kier alpha value is -2.53. The van der Waals surface area contributed by atoms with E-state index < -0.39 is 0 Å². The number of hydrogen-bond donors (Lipinski definition) is 2. The lowest BCUT2D eigenvalue weighted by Crippen LogP contribution is -2.31. The van der Waals surface area contributed by atoms with Crippen LogP contribution < -0.4 is 20.1 Å². The summed E-state index contributed by atoms with van der Waals surface area (Å²) >= 11 is 0. The van der Waals surface area contributed by atoms with Gasteiger partial charge in [-0.3, -0.25) is 4.79 Å². The highest BCUT2D eigenvalue weighted by molar-refractivity contribution is 5.77. The van der Waals surface area contributed by atoms with Gasteiger partial charge in [0.1, 0.15) is 6.61 Å². The first-order chi connectivity index (χ1) is 11.8. The lowest BCUT2D eigenvalue weighted by Gasteiger charge is -2.12. The quantitative estimate of drug-likeness (QED) is 0.658. The molecule has 0 aliphatic carbocycles. The molecule has 0 spiro atoms. The van der Waals surface area contributed by atoms with Crippen LogP contribution in [-0.4, -0.2) is 32.7 Å². The maximum absolute atomic E-state index is 11.8. The van der Waals surface area contributed by atoms with Crippen molar-refractivity contribution >= 4 is 5.91 Å². The van der Waals surface area contributed by atoms with Crippen molar-refractivity contribution in [1.29, 1.82) is 0 Å². The summed E-state index contributed by atoms with van der Waals surface area (Å²) in [5.74, 6) is 1.06. The van der Waals surface area contributed by atoms with Crippen LogP contribution in [0.3, 0.4) is 0 Å². The molecule has 0 saturated heterocycles. The molecule has 0 heterocycles. The van der Waals surface area contributed by atoms with Crippen molar-refractivity contribution in [3.8, 4) is 11.5 Å². The number of hydrogen-bond acceptors (Lipinski definition) is 4. The van der Waals surface area contributed by atoms with Gasteiger partial charge in [0.15, 0.2) is 18.1 Å². The van der Waals surface area contributed by atoms with E-state index >= 15 is 0 Å². The third-order valence-corrected chi connectivity index (χ3v) is 3.37. The largest absolute Gasteiger partial charge is 0.485 e. The van der Waals surface area contributed by atoms with Gasteiger partial charge in [-0.15, -0.1) is 0 Å². The zero-order chi connectivity index (χ0) is 17.0. The van der Waals surface area contributed by atoms with E-state index in [4.69, 9.17) is 9.47 Å². The normalized spacial score (nSPS) is 10.2. The van der Waals surface area contributed by atoms with Gasteiger partial charge in [-0.1, -0.05) is 42.5 Å². The Bertz CT molecular complexity index is 617. The summed E-state index contributed by atoms with van der Waals surface area (Å²) in [4.78, 5) is 11.8. The van der Waals surface area contributed by atoms with E-state index in [-0.39, 0.29) is 12.5 Å². The molecule has 0 radical (unpaired) electrons. The minimum Gasteiger partial charge on any atom is -0.485 e. The fraction of sp³-hybridized carbons (Fsp3) is 0.316. The number of rotatable bonds is 10. The molecule has 2 N–H and O–H groups in total. The van der Waals surface area contributed by atoms with Gasteiger partial charge < -0.3 is 20.1 Å². The number of carbonyl (C=O) groups is 1. The maximum Gasteiger partial charge on any atom is 0.257 e. The van der Waals surface area contributed by atoms with E-state index in [1.54, 1.807) is 6.07 Å². The summed E-state index contributed by atoms with van der Waals surface area (Å²) < 4.78 is 11.4. The highest BCUT2D eigenvalue weighted by atomic mass is 16.5. The second-order valence-corrected chi connectivity index (χ2v) is 5.32. The molecule has 24 heavy (non-hydrogen) atoms. The van der Waals surface area contributed by atoms with E-state index in [2.05, 4.69) is 10.6 Å². The molecular weight excluding hydrogens is 304 g/mol. The molecule has 5 nitrogen and oxygen atoms in total. The average molecular weight is 328 g/mol. The predicted octanol–water partition coefficient (Wildman–Crippen LogP) is 2.37. The number of ether oxygens (including phenoxy) is 2. The minimum absolute atomic E-state index is 0.0226. The van der Waals surface area contributed by atoms with E-state index in [0.717, 1.165) is 18.5 Å². The van der Waals surface area contributed by atoms with Gasteiger partial charge in [0, 0.05) is 6.54 Å². The van der Waals surface area contributed by atoms with Crippen molar-refractivity contribution in [2.45, 2.75) is 13.0 Å². The summed E-state index contributed by atoms with van der Waals surface area (Å²) in [5, 5.41) is 5.86. The summed E-state index contributed by atoms with van der Waals surface area (Å²) in [6.07, 6.45) is 0.888. The smallest absolute Gasteiger partial charge is 0.257 e. The van der Waals surface area contributed by atoms with Gasteiger partial charge in [0.2, 0.25) is 0 Å². The molecule has 0 aromatic heterocycles. The topological polar surface area (TPSA) is 59.6 Å². The summed E-state index contributed by atoms with van der Waals surface area (Å²) in [7, 11) is 1.89. The third kappa shape index (κ3) is 6.30. The Labute approximate surface area is 143 Å². The molecule has 2 rings (SSSR count). The average Bonchev–Trinajstić information content (AvgIpc) is 2.63. The lowest BCUT2D eigenvalue weighted by molar-refractivity contribution is -0.123. The third-order valence-electron chi connectivity index (χ3n) is 3.37. The van der Waals surface area contributed by atoms with Crippen LogP contribution in [0.25, 0.3) is 0 Å². The van der Waals surface area contributed by atoms with Gasteiger partial charge in [0.05, 0.1) is 0 Å². The molecule has 5 heteroatoms. The van der Waals surface area contributed by atoms with Crippen LogP contribution in [0, 0.1) is 0 Å². The second-order valence-electron chi connectivity index (χ2n) is 5.32. The molecule has 128 valence electrons. The molecule has 2 aromatic rings. The van der Waals surface area contributed by atoms with Crippen LogP contribution in [0.1, 0.15) is 12.0 Å². The fourth-order valence-electron chi connectivity index (χ4n) is 2.11. The van der Waals surface area contributed by atoms with Crippen LogP contribution in [0.5, 0.6) is 11.5 Å². The summed E-state index contributed by atoms with van der Waals surface area (Å²) in [5.41, 5.74) is 1.08. The van der Waals surface area contributed by atoms with Crippen molar-refractivity contribution in [1.82, 2.24) is 10.6 Å². The van der Waals surface area contributed by atoms with Gasteiger partial charge in [-0.2, -0.15) is 0 Å². The van der Waals surface area contributed by atoms with Crippen LogP contribution in [0.2, 0.25) is 0 Å². The second kappa shape index (κ2) is 10.3. The molecular formula is C19H24N2O3. The monoisotopic (exact) mass is 328 g/mol. The molecule has 0 unspecified atom stereocenters. The van der Waals surface area contributed by atoms with Crippen molar-refractivity contribution in [2.75, 3.05) is 26.7 Å².